The van der Waals surface area contributed by atoms with Crippen LogP contribution < -0.4 is 4.90 Å². The Balaban J connectivity index is 2.13. The largest absolute Gasteiger partial charge is 0.507 e. The fourth-order valence-electron chi connectivity index (χ4n) is 1.98. The second kappa shape index (κ2) is 4.95. The first-order valence-electron chi connectivity index (χ1n) is 5.62. The molecule has 1 heterocycles. The van der Waals surface area contributed by atoms with Crippen LogP contribution in [0.3, 0.4) is 0 Å². The highest BCUT2D eigenvalue weighted by Gasteiger charge is 2.17. The van der Waals surface area contributed by atoms with E-state index < -0.39 is 5.97 Å². The van der Waals surface area contributed by atoms with Crippen LogP contribution in [0.15, 0.2) is 18.2 Å². The van der Waals surface area contributed by atoms with Crippen molar-refractivity contribution in [1.29, 1.82) is 0 Å². The minimum Gasteiger partial charge on any atom is -0.507 e. The highest BCUT2D eigenvalue weighted by atomic mass is 16.4. The molecule has 1 aromatic carbocycles. The lowest BCUT2D eigenvalue weighted by atomic mass is 10.1. The zero-order valence-corrected chi connectivity index (χ0v) is 9.74. The van der Waals surface area contributed by atoms with E-state index in [2.05, 4.69) is 0 Å². The number of carbonyl (C=O) groups excluding carboxylic acids is 1. The van der Waals surface area contributed by atoms with Gasteiger partial charge in [0, 0.05) is 37.9 Å². The summed E-state index contributed by atoms with van der Waals surface area (Å²) in [5.74, 6) is -1.39. The lowest BCUT2D eigenvalue weighted by Gasteiger charge is -2.34. The summed E-state index contributed by atoms with van der Waals surface area (Å²) in [5, 5.41) is 18.4. The summed E-state index contributed by atoms with van der Waals surface area (Å²) in [6.07, 6.45) is 0.822. The van der Waals surface area contributed by atoms with Gasteiger partial charge in [-0.1, -0.05) is 0 Å². The molecule has 1 aliphatic rings. The summed E-state index contributed by atoms with van der Waals surface area (Å²) in [4.78, 5) is 25.0. The van der Waals surface area contributed by atoms with Crippen molar-refractivity contribution >= 4 is 18.1 Å². The SMILES string of the molecule is O=CN1CCN(c2ccc(C(=O)O)c(O)c2)CC1. The van der Waals surface area contributed by atoms with Gasteiger partial charge >= 0.3 is 5.97 Å². The molecular weight excluding hydrogens is 236 g/mol. The monoisotopic (exact) mass is 250 g/mol. The Kier molecular flexibility index (Phi) is 3.36. The topological polar surface area (TPSA) is 81.1 Å². The zero-order chi connectivity index (χ0) is 13.1. The standard InChI is InChI=1S/C12H14N2O4/c15-8-13-3-5-14(6-4-13)9-1-2-10(12(17)18)11(16)7-9/h1-2,7-8,16H,3-6H2,(H,17,18). The van der Waals surface area contributed by atoms with Gasteiger partial charge in [0.2, 0.25) is 6.41 Å². The van der Waals surface area contributed by atoms with Crippen LogP contribution in [0.1, 0.15) is 10.4 Å². The summed E-state index contributed by atoms with van der Waals surface area (Å²) in [6, 6.07) is 4.50. The molecule has 1 aliphatic heterocycles. The van der Waals surface area contributed by atoms with Crippen LogP contribution in [0.25, 0.3) is 0 Å². The van der Waals surface area contributed by atoms with Crippen molar-refractivity contribution < 1.29 is 19.8 Å². The molecule has 0 radical (unpaired) electrons. The van der Waals surface area contributed by atoms with Gasteiger partial charge in [0.25, 0.3) is 0 Å². The number of carboxylic acids is 1. The molecule has 6 heteroatoms. The number of nitrogens with zero attached hydrogens (tertiary/aromatic N) is 2. The Morgan fingerprint density at radius 1 is 1.22 bits per heavy atom. The normalized spacial score (nSPS) is 15.6. The summed E-state index contributed by atoms with van der Waals surface area (Å²) in [5.41, 5.74) is 0.660. The van der Waals surface area contributed by atoms with Crippen molar-refractivity contribution in [1.82, 2.24) is 4.90 Å². The maximum Gasteiger partial charge on any atom is 0.339 e. The predicted molar refractivity (Wildman–Crippen MR) is 64.9 cm³/mol. The summed E-state index contributed by atoms with van der Waals surface area (Å²) in [6.45, 7) is 2.60. The number of amides is 1. The third-order valence-corrected chi connectivity index (χ3v) is 3.04. The van der Waals surface area contributed by atoms with Crippen LogP contribution in [0, 0.1) is 0 Å². The molecule has 1 aromatic rings. The molecule has 0 aromatic heterocycles. The second-order valence-corrected chi connectivity index (χ2v) is 4.14. The van der Waals surface area contributed by atoms with Gasteiger partial charge in [-0.15, -0.1) is 0 Å². The Morgan fingerprint density at radius 2 is 1.89 bits per heavy atom. The number of rotatable bonds is 3. The van der Waals surface area contributed by atoms with Crippen LogP contribution in [-0.4, -0.2) is 53.7 Å². The van der Waals surface area contributed by atoms with E-state index in [9.17, 15) is 14.7 Å². The Labute approximate surface area is 104 Å². The molecule has 1 amide bonds. The fourth-order valence-corrected chi connectivity index (χ4v) is 1.98. The molecule has 0 unspecified atom stereocenters. The van der Waals surface area contributed by atoms with E-state index in [1.165, 1.54) is 12.1 Å². The maximum atomic E-state index is 10.8. The minimum atomic E-state index is -1.15. The van der Waals surface area contributed by atoms with Gasteiger partial charge in [0.05, 0.1) is 0 Å². The fraction of sp³-hybridized carbons (Fsp3) is 0.333. The first-order valence-corrected chi connectivity index (χ1v) is 5.62. The van der Waals surface area contributed by atoms with Crippen molar-refractivity contribution in [3.05, 3.63) is 23.8 Å². The van der Waals surface area contributed by atoms with Crippen LogP contribution in [0.5, 0.6) is 5.75 Å². The summed E-state index contributed by atoms with van der Waals surface area (Å²) < 4.78 is 0. The molecule has 0 aliphatic carbocycles. The molecular formula is C12H14N2O4. The van der Waals surface area contributed by atoms with E-state index in [1.807, 2.05) is 4.90 Å². The third-order valence-electron chi connectivity index (χ3n) is 3.04. The first kappa shape index (κ1) is 12.2. The molecule has 2 N–H and O–H groups in total. The number of aromatic carboxylic acids is 1. The van der Waals surface area contributed by atoms with E-state index in [0.29, 0.717) is 26.2 Å². The van der Waals surface area contributed by atoms with Crippen molar-refractivity contribution in [2.75, 3.05) is 31.1 Å². The molecule has 0 spiro atoms. The van der Waals surface area contributed by atoms with E-state index in [1.54, 1.807) is 11.0 Å². The van der Waals surface area contributed by atoms with Gasteiger partial charge in [-0.25, -0.2) is 4.79 Å². The number of anilines is 1. The summed E-state index contributed by atoms with van der Waals surface area (Å²) >= 11 is 0. The van der Waals surface area contributed by atoms with Crippen molar-refractivity contribution in [2.24, 2.45) is 0 Å². The van der Waals surface area contributed by atoms with Crippen LogP contribution in [0.2, 0.25) is 0 Å². The number of carbonyl (C=O) groups is 2. The third kappa shape index (κ3) is 2.37. The second-order valence-electron chi connectivity index (χ2n) is 4.14. The number of carboxylic acid groups (broad SMARTS) is 1. The predicted octanol–water partition coefficient (Wildman–Crippen LogP) is 0.369. The van der Waals surface area contributed by atoms with Crippen molar-refractivity contribution in [3.63, 3.8) is 0 Å². The van der Waals surface area contributed by atoms with Crippen LogP contribution in [-0.2, 0) is 4.79 Å². The number of hydrogen-bond donors (Lipinski definition) is 2. The average Bonchev–Trinajstić information content (AvgIpc) is 2.38. The van der Waals surface area contributed by atoms with Gasteiger partial charge in [-0.2, -0.15) is 0 Å². The minimum absolute atomic E-state index is 0.106. The highest BCUT2D eigenvalue weighted by molar-refractivity contribution is 5.91. The van der Waals surface area contributed by atoms with Crippen molar-refractivity contribution in [2.45, 2.75) is 0 Å². The molecule has 96 valence electrons. The molecule has 0 saturated carbocycles. The van der Waals surface area contributed by atoms with E-state index in [4.69, 9.17) is 5.11 Å². The molecule has 2 rings (SSSR count). The van der Waals surface area contributed by atoms with Gasteiger partial charge in [-0.3, -0.25) is 4.79 Å². The maximum absolute atomic E-state index is 10.8. The Bertz CT molecular complexity index is 467. The molecule has 1 fully saturated rings. The van der Waals surface area contributed by atoms with Gasteiger partial charge in [0.1, 0.15) is 11.3 Å². The molecule has 0 atom stereocenters. The Morgan fingerprint density at radius 3 is 2.39 bits per heavy atom. The Hall–Kier alpha value is -2.24. The lowest BCUT2D eigenvalue weighted by molar-refractivity contribution is -0.118. The zero-order valence-electron chi connectivity index (χ0n) is 9.74. The van der Waals surface area contributed by atoms with E-state index >= 15 is 0 Å². The first-order chi connectivity index (χ1) is 8.61. The van der Waals surface area contributed by atoms with Gasteiger partial charge in [0.15, 0.2) is 0 Å². The van der Waals surface area contributed by atoms with Crippen molar-refractivity contribution in [3.8, 4) is 5.75 Å². The average molecular weight is 250 g/mol. The summed E-state index contributed by atoms with van der Waals surface area (Å²) in [7, 11) is 0. The molecule has 18 heavy (non-hydrogen) atoms. The lowest BCUT2D eigenvalue weighted by Crippen LogP contribution is -2.45. The smallest absolute Gasteiger partial charge is 0.339 e. The van der Waals surface area contributed by atoms with E-state index in [0.717, 1.165) is 12.1 Å². The number of aromatic hydroxyl groups is 1. The number of piperazine rings is 1. The number of benzene rings is 1. The van der Waals surface area contributed by atoms with Gasteiger partial charge < -0.3 is 20.0 Å². The highest BCUT2D eigenvalue weighted by Crippen LogP contribution is 2.25. The van der Waals surface area contributed by atoms with Crippen LogP contribution in [0.4, 0.5) is 5.69 Å². The van der Waals surface area contributed by atoms with Crippen LogP contribution >= 0.6 is 0 Å². The molecule has 0 bridgehead atoms. The molecule has 6 nitrogen and oxygen atoms in total. The number of hydrogen-bond acceptors (Lipinski definition) is 4. The van der Waals surface area contributed by atoms with E-state index in [-0.39, 0.29) is 11.3 Å². The van der Waals surface area contributed by atoms with Gasteiger partial charge in [-0.05, 0) is 12.1 Å². The number of phenols is 1. The molecule has 1 saturated heterocycles. The quantitative estimate of drug-likeness (QED) is 0.757.